The van der Waals surface area contributed by atoms with E-state index in [1.807, 2.05) is 0 Å². The molecule has 0 radical (unpaired) electrons. The lowest BCUT2D eigenvalue weighted by Gasteiger charge is -2.46. The van der Waals surface area contributed by atoms with Crippen LogP contribution in [0, 0.1) is 6.92 Å². The molecule has 1 amide bonds. The summed E-state index contributed by atoms with van der Waals surface area (Å²) in [6, 6.07) is -1.91. The van der Waals surface area contributed by atoms with Gasteiger partial charge in [0.15, 0.2) is 18.5 Å². The number of hydrogen-bond donors (Lipinski definition) is 4. The molecule has 0 spiro atoms. The Morgan fingerprint density at radius 3 is 1.85 bits per heavy atom. The fourth-order valence-corrected chi connectivity index (χ4v) is 10.8. The normalized spacial score (nSPS) is 25.4. The van der Waals surface area contributed by atoms with Gasteiger partial charge in [-0.1, -0.05) is 0 Å². The van der Waals surface area contributed by atoms with Crippen molar-refractivity contribution in [1.82, 2.24) is 19.5 Å². The SMILES string of the molecule is CC(=O)N[C@H]1[C@H](OCCOCCOCCOCCOCCOP(=O)(N(C(C)C)C(C)C)[C@]2(n3cc(C)c(=O)[nH]c3=O)C[C@H](O)[C@@H](CO)O2)O[C@H](COC(C)=O)[C@H](OC(C)=O)[C@@H]1OC(C)=O. The van der Waals surface area contributed by atoms with Gasteiger partial charge >= 0.3 is 31.1 Å². The van der Waals surface area contributed by atoms with Gasteiger partial charge in [0.2, 0.25) is 11.4 Å². The van der Waals surface area contributed by atoms with E-state index in [9.17, 15) is 39.0 Å². The highest BCUT2D eigenvalue weighted by Gasteiger charge is 2.64. The van der Waals surface area contributed by atoms with E-state index in [-0.39, 0.29) is 84.7 Å². The number of hydrogen-bond acceptors (Lipinski definition) is 20. The molecule has 1 aromatic rings. The first kappa shape index (κ1) is 55.7. The molecule has 1 aromatic heterocycles. The number of aryl methyl sites for hydroxylation is 1. The predicted octanol–water partition coefficient (Wildman–Crippen LogP) is -0.335. The number of nitrogens with one attached hydrogen (secondary N) is 2. The summed E-state index contributed by atoms with van der Waals surface area (Å²) in [6.07, 6.45) is -6.48. The molecule has 2 aliphatic rings. The Bertz CT molecular complexity index is 1850. The summed E-state index contributed by atoms with van der Waals surface area (Å²) < 4.78 is 80.4. The van der Waals surface area contributed by atoms with Gasteiger partial charge in [0.05, 0.1) is 78.8 Å². The molecule has 2 aliphatic heterocycles. The van der Waals surface area contributed by atoms with Gasteiger partial charge in [-0.2, -0.15) is 0 Å². The molecule has 0 bridgehead atoms. The van der Waals surface area contributed by atoms with Crippen LogP contribution in [0.25, 0.3) is 0 Å². The minimum Gasteiger partial charge on any atom is -0.463 e. The van der Waals surface area contributed by atoms with Crippen LogP contribution < -0.4 is 16.6 Å². The Hall–Kier alpha value is -3.65. The molecule has 9 atom stereocenters. The second kappa shape index (κ2) is 26.6. The molecular weight excluding hydrogens is 887 g/mol. The van der Waals surface area contributed by atoms with Crippen molar-refractivity contribution < 1.29 is 85.8 Å². The van der Waals surface area contributed by atoms with Gasteiger partial charge in [-0.25, -0.2) is 9.46 Å². The van der Waals surface area contributed by atoms with E-state index in [2.05, 4.69) is 10.3 Å². The summed E-state index contributed by atoms with van der Waals surface area (Å²) >= 11 is 0. The Labute approximate surface area is 377 Å². The number of aromatic amines is 1. The van der Waals surface area contributed by atoms with E-state index in [0.717, 1.165) is 18.4 Å². The molecule has 65 heavy (non-hydrogen) atoms. The number of aliphatic hydroxyl groups is 2. The van der Waals surface area contributed by atoms with Crippen molar-refractivity contribution in [1.29, 1.82) is 0 Å². The van der Waals surface area contributed by atoms with Crippen molar-refractivity contribution in [3.8, 4) is 0 Å². The highest BCUT2D eigenvalue weighted by Crippen LogP contribution is 2.69. The molecule has 3 rings (SSSR count). The Morgan fingerprint density at radius 1 is 0.846 bits per heavy atom. The third-order valence-electron chi connectivity index (χ3n) is 9.92. The van der Waals surface area contributed by atoms with Crippen LogP contribution in [0.15, 0.2) is 15.8 Å². The summed E-state index contributed by atoms with van der Waals surface area (Å²) in [7, 11) is -4.34. The largest absolute Gasteiger partial charge is 0.463 e. The van der Waals surface area contributed by atoms with Crippen LogP contribution in [0.1, 0.15) is 67.4 Å². The van der Waals surface area contributed by atoms with Gasteiger partial charge in [0.1, 0.15) is 24.9 Å². The smallest absolute Gasteiger partial charge is 0.331 e. The molecule has 3 heterocycles. The second-order valence-corrected chi connectivity index (χ2v) is 18.2. The van der Waals surface area contributed by atoms with Crippen molar-refractivity contribution in [2.75, 3.05) is 79.3 Å². The third kappa shape index (κ3) is 15.7. The van der Waals surface area contributed by atoms with Crippen LogP contribution in [-0.4, -0.2) is 182 Å². The maximum atomic E-state index is 15.4. The van der Waals surface area contributed by atoms with Gasteiger partial charge in [0, 0.05) is 58.0 Å². The standard InChI is InChI=1S/C40H67N4O20P/c1-24(2)44(25(3)4)65(53,40(20-31(50)32(22-45)64-40)43-21-26(5)37(51)42-39(43)52)60-19-17-57-15-13-55-11-10-54-12-14-56-16-18-58-38-34(41-27(6)46)36(62-30(9)49)35(61-29(8)48)33(63-38)23-59-28(7)47/h21,24-25,31-36,38,45,50H,10-20,22-23H2,1-9H3,(H,41,46)(H,42,51,52)/t31-,32+,33+,34+,35-,36+,38+,40-,65?/m0/s1. The highest BCUT2D eigenvalue weighted by atomic mass is 31.2. The van der Waals surface area contributed by atoms with Gasteiger partial charge in [-0.05, 0) is 34.6 Å². The Balaban J connectivity index is 1.44. The monoisotopic (exact) mass is 954 g/mol. The van der Waals surface area contributed by atoms with Crippen molar-refractivity contribution in [3.63, 3.8) is 0 Å². The van der Waals surface area contributed by atoms with Crippen molar-refractivity contribution in [3.05, 3.63) is 32.6 Å². The molecule has 0 saturated carbocycles. The second-order valence-electron chi connectivity index (χ2n) is 15.8. The summed E-state index contributed by atoms with van der Waals surface area (Å²) in [5.74, 6) is -2.59. The third-order valence-corrected chi connectivity index (χ3v) is 13.4. The number of amides is 1. The predicted molar refractivity (Wildman–Crippen MR) is 226 cm³/mol. The van der Waals surface area contributed by atoms with Crippen molar-refractivity contribution in [2.24, 2.45) is 0 Å². The molecule has 0 aliphatic carbocycles. The van der Waals surface area contributed by atoms with E-state index < -0.39 is 110 Å². The molecule has 1 unspecified atom stereocenters. The van der Waals surface area contributed by atoms with E-state index in [1.54, 1.807) is 32.4 Å². The fraction of sp³-hybridized carbons (Fsp3) is 0.800. The zero-order valence-corrected chi connectivity index (χ0v) is 39.4. The highest BCUT2D eigenvalue weighted by molar-refractivity contribution is 7.57. The van der Waals surface area contributed by atoms with Gasteiger partial charge in [-0.3, -0.25) is 38.1 Å². The maximum absolute atomic E-state index is 15.4. The lowest BCUT2D eigenvalue weighted by atomic mass is 9.96. The number of aromatic nitrogens is 2. The summed E-state index contributed by atoms with van der Waals surface area (Å²) in [4.78, 5) is 75.4. The molecule has 24 nitrogen and oxygen atoms in total. The van der Waals surface area contributed by atoms with E-state index in [1.165, 1.54) is 27.0 Å². The number of H-pyrrole nitrogens is 1. The first-order chi connectivity index (χ1) is 30.7. The van der Waals surface area contributed by atoms with Crippen LogP contribution in [0.3, 0.4) is 0 Å². The zero-order valence-electron chi connectivity index (χ0n) is 38.6. The molecule has 372 valence electrons. The number of nitrogens with zero attached hydrogens (tertiary/aromatic N) is 2. The van der Waals surface area contributed by atoms with Crippen LogP contribution in [0.5, 0.6) is 0 Å². The average Bonchev–Trinajstić information content (AvgIpc) is 3.56. The zero-order chi connectivity index (χ0) is 48.5. The first-order valence-corrected chi connectivity index (χ1v) is 22.9. The topological polar surface area (TPSA) is 297 Å². The number of rotatable bonds is 28. The van der Waals surface area contributed by atoms with E-state index in [0.29, 0.717) is 0 Å². The molecule has 25 heteroatoms. The van der Waals surface area contributed by atoms with Crippen molar-refractivity contribution >= 4 is 31.3 Å². The minimum absolute atomic E-state index is 0.0340. The summed E-state index contributed by atoms with van der Waals surface area (Å²) in [6.45, 7) is 13.3. The van der Waals surface area contributed by atoms with Crippen LogP contribution in [0.2, 0.25) is 0 Å². The lowest BCUT2D eigenvalue weighted by molar-refractivity contribution is -0.279. The summed E-state index contributed by atoms with van der Waals surface area (Å²) in [5.41, 5.74) is -3.55. The molecule has 2 fully saturated rings. The van der Waals surface area contributed by atoms with Gasteiger partial charge in [-0.15, -0.1) is 0 Å². The first-order valence-electron chi connectivity index (χ1n) is 21.3. The number of carbonyl (C=O) groups excluding carboxylic acids is 4. The Kier molecular flexibility index (Phi) is 22.8. The average molecular weight is 955 g/mol. The maximum Gasteiger partial charge on any atom is 0.331 e. The fourth-order valence-electron chi connectivity index (χ4n) is 7.42. The molecule has 0 aromatic carbocycles. The number of ether oxygens (including phenoxy) is 10. The Morgan fingerprint density at radius 2 is 1.37 bits per heavy atom. The number of esters is 3. The molecule has 4 N–H and O–H groups in total. The van der Waals surface area contributed by atoms with Crippen LogP contribution >= 0.6 is 7.52 Å². The lowest BCUT2D eigenvalue weighted by Crippen LogP contribution is -2.66. The quantitative estimate of drug-likeness (QED) is 0.0362. The molecule has 2 saturated heterocycles. The van der Waals surface area contributed by atoms with Crippen LogP contribution in [-0.2, 0) is 81.1 Å². The summed E-state index contributed by atoms with van der Waals surface area (Å²) in [5, 5.41) is 23.5. The minimum atomic E-state index is -4.34. The van der Waals surface area contributed by atoms with E-state index in [4.69, 9.17) is 51.9 Å². The van der Waals surface area contributed by atoms with Crippen molar-refractivity contribution in [2.45, 2.75) is 129 Å². The molecular formula is C40H67N4O20P. The van der Waals surface area contributed by atoms with Crippen LogP contribution in [0.4, 0.5) is 0 Å². The number of carbonyl (C=O) groups is 4. The van der Waals surface area contributed by atoms with Gasteiger partial charge in [0.25, 0.3) is 5.56 Å². The van der Waals surface area contributed by atoms with E-state index >= 15 is 4.57 Å². The number of aliphatic hydroxyl groups excluding tert-OH is 2. The van der Waals surface area contributed by atoms with Gasteiger partial charge < -0.3 is 67.4 Å².